The van der Waals surface area contributed by atoms with E-state index in [1.54, 1.807) is 15.3 Å². The van der Waals surface area contributed by atoms with E-state index < -0.39 is 0 Å². The van der Waals surface area contributed by atoms with Gasteiger partial charge in [0.15, 0.2) is 17.1 Å². The van der Waals surface area contributed by atoms with Crippen molar-refractivity contribution < 1.29 is 14.3 Å². The van der Waals surface area contributed by atoms with Crippen molar-refractivity contribution in [3.05, 3.63) is 87.0 Å². The van der Waals surface area contributed by atoms with Gasteiger partial charge in [-0.3, -0.25) is 14.2 Å². The van der Waals surface area contributed by atoms with Gasteiger partial charge in [0, 0.05) is 17.1 Å². The molecule has 1 aliphatic heterocycles. The molecule has 2 aromatic heterocycles. The van der Waals surface area contributed by atoms with Crippen molar-refractivity contribution in [1.29, 1.82) is 0 Å². The number of ether oxygens (including phenoxy) is 2. The number of halogens is 1. The molecule has 172 valence electrons. The highest BCUT2D eigenvalue weighted by molar-refractivity contribution is 9.10. The number of nitrogens with one attached hydrogen (secondary N) is 1. The first kappa shape index (κ1) is 21.9. The highest BCUT2D eigenvalue weighted by atomic mass is 79.9. The van der Waals surface area contributed by atoms with Gasteiger partial charge < -0.3 is 14.8 Å². The largest absolute Gasteiger partial charge is 0.454 e. The van der Waals surface area contributed by atoms with E-state index in [0.29, 0.717) is 42.2 Å². The minimum Gasteiger partial charge on any atom is -0.454 e. The molecule has 0 saturated heterocycles. The Balaban J connectivity index is 1.19. The van der Waals surface area contributed by atoms with E-state index in [4.69, 9.17) is 9.47 Å². The number of carbonyl (C=O) groups is 1. The van der Waals surface area contributed by atoms with E-state index in [-0.39, 0.29) is 18.3 Å². The van der Waals surface area contributed by atoms with E-state index in [9.17, 15) is 9.59 Å². The molecule has 0 unspecified atom stereocenters. The number of amides is 1. The predicted molar refractivity (Wildman–Crippen MR) is 130 cm³/mol. The van der Waals surface area contributed by atoms with Crippen molar-refractivity contribution >= 4 is 38.9 Å². The van der Waals surface area contributed by atoms with Crippen LogP contribution in [-0.2, 0) is 17.9 Å². The van der Waals surface area contributed by atoms with Crippen LogP contribution in [-0.4, -0.2) is 38.6 Å². The maximum atomic E-state index is 12.9. The zero-order chi connectivity index (χ0) is 23.5. The molecule has 0 saturated carbocycles. The lowest BCUT2D eigenvalue weighted by Crippen LogP contribution is -2.26. The van der Waals surface area contributed by atoms with Gasteiger partial charge in [-0.15, -0.1) is 0 Å². The quantitative estimate of drug-likeness (QED) is 0.375. The van der Waals surface area contributed by atoms with Gasteiger partial charge in [0.05, 0.1) is 19.3 Å². The third-order valence-electron chi connectivity index (χ3n) is 5.34. The fraction of sp³-hybridized carbons (Fsp3) is 0.167. The molecule has 0 atom stereocenters. The SMILES string of the molecule is O=C(/C=C/c1ccc2c(c1)OCO2)NCCn1ncc2c(=O)n(Cc3ccc(Br)cc3)cnc21. The molecular weight excluding hydrogens is 502 g/mol. The molecule has 1 amide bonds. The Labute approximate surface area is 202 Å². The minimum atomic E-state index is -0.237. The van der Waals surface area contributed by atoms with Crippen molar-refractivity contribution in [2.24, 2.45) is 0 Å². The number of rotatable bonds is 7. The summed E-state index contributed by atoms with van der Waals surface area (Å²) < 4.78 is 14.8. The third-order valence-corrected chi connectivity index (χ3v) is 5.86. The fourth-order valence-electron chi connectivity index (χ4n) is 3.59. The van der Waals surface area contributed by atoms with Gasteiger partial charge in [-0.2, -0.15) is 5.10 Å². The number of aromatic nitrogens is 4. The lowest BCUT2D eigenvalue weighted by atomic mass is 10.2. The van der Waals surface area contributed by atoms with Crippen LogP contribution in [0.3, 0.4) is 0 Å². The van der Waals surface area contributed by atoms with E-state index >= 15 is 0 Å². The number of benzene rings is 2. The monoisotopic (exact) mass is 521 g/mol. The predicted octanol–water partition coefficient (Wildman–Crippen LogP) is 2.96. The van der Waals surface area contributed by atoms with Crippen LogP contribution in [0.25, 0.3) is 17.1 Å². The van der Waals surface area contributed by atoms with Crippen LogP contribution < -0.4 is 20.3 Å². The summed E-state index contributed by atoms with van der Waals surface area (Å²) in [6, 6.07) is 13.2. The summed E-state index contributed by atoms with van der Waals surface area (Å²) in [5.74, 6) is 1.12. The van der Waals surface area contributed by atoms with Crippen molar-refractivity contribution in [2.45, 2.75) is 13.1 Å². The van der Waals surface area contributed by atoms with Gasteiger partial charge in [-0.1, -0.05) is 34.1 Å². The summed E-state index contributed by atoms with van der Waals surface area (Å²) in [7, 11) is 0. The molecule has 4 aromatic rings. The molecule has 1 N–H and O–H groups in total. The zero-order valence-electron chi connectivity index (χ0n) is 18.0. The van der Waals surface area contributed by atoms with Crippen LogP contribution in [0.4, 0.5) is 0 Å². The first-order valence-corrected chi connectivity index (χ1v) is 11.4. The first-order valence-electron chi connectivity index (χ1n) is 10.6. The standard InChI is InChI=1S/C24H20BrN5O4/c25-18-5-1-17(2-6-18)13-29-14-27-23-19(24(29)32)12-28-30(23)10-9-26-22(31)8-4-16-3-7-20-21(11-16)34-15-33-20/h1-8,11-12,14H,9-10,13,15H2,(H,26,31)/b8-4+. The Kier molecular flexibility index (Phi) is 6.13. The number of hydrogen-bond donors (Lipinski definition) is 1. The molecular formula is C24H20BrN5O4. The van der Waals surface area contributed by atoms with E-state index in [2.05, 4.69) is 31.3 Å². The molecule has 0 aliphatic carbocycles. The molecule has 34 heavy (non-hydrogen) atoms. The van der Waals surface area contributed by atoms with Crippen LogP contribution >= 0.6 is 15.9 Å². The smallest absolute Gasteiger partial charge is 0.264 e. The number of carbonyl (C=O) groups excluding carboxylic acids is 1. The highest BCUT2D eigenvalue weighted by Gasteiger charge is 2.13. The van der Waals surface area contributed by atoms with Crippen LogP contribution in [0.5, 0.6) is 11.5 Å². The van der Waals surface area contributed by atoms with Gasteiger partial charge in [-0.05, 0) is 41.5 Å². The summed E-state index contributed by atoms with van der Waals surface area (Å²) in [4.78, 5) is 29.5. The average Bonchev–Trinajstić information content (AvgIpc) is 3.48. The molecule has 10 heteroatoms. The molecule has 1 aliphatic rings. The average molecular weight is 522 g/mol. The Hall–Kier alpha value is -3.92. The normalized spacial score (nSPS) is 12.5. The zero-order valence-corrected chi connectivity index (χ0v) is 19.6. The molecule has 0 spiro atoms. The van der Waals surface area contributed by atoms with Gasteiger partial charge in [0.25, 0.3) is 5.56 Å². The van der Waals surface area contributed by atoms with Crippen LogP contribution in [0, 0.1) is 0 Å². The molecule has 9 nitrogen and oxygen atoms in total. The van der Waals surface area contributed by atoms with Crippen molar-refractivity contribution in [3.8, 4) is 11.5 Å². The topological polar surface area (TPSA) is 100 Å². The molecule has 5 rings (SSSR count). The lowest BCUT2D eigenvalue weighted by Gasteiger charge is -2.07. The lowest BCUT2D eigenvalue weighted by molar-refractivity contribution is -0.116. The number of nitrogens with zero attached hydrogens (tertiary/aromatic N) is 4. The molecule has 2 aromatic carbocycles. The maximum absolute atomic E-state index is 12.9. The summed E-state index contributed by atoms with van der Waals surface area (Å²) in [5.41, 5.74) is 2.16. The molecule has 0 fully saturated rings. The first-order chi connectivity index (χ1) is 16.6. The van der Waals surface area contributed by atoms with Crippen LogP contribution in [0.1, 0.15) is 11.1 Å². The van der Waals surface area contributed by atoms with Crippen molar-refractivity contribution in [2.75, 3.05) is 13.3 Å². The Morgan fingerprint density at radius 1 is 1.15 bits per heavy atom. The second-order valence-corrected chi connectivity index (χ2v) is 8.56. The molecule has 0 radical (unpaired) electrons. The molecule has 3 heterocycles. The minimum absolute atomic E-state index is 0.158. The van der Waals surface area contributed by atoms with Crippen molar-refractivity contribution in [3.63, 3.8) is 0 Å². The highest BCUT2D eigenvalue weighted by Crippen LogP contribution is 2.32. The number of hydrogen-bond acceptors (Lipinski definition) is 6. The van der Waals surface area contributed by atoms with Crippen molar-refractivity contribution in [1.82, 2.24) is 24.6 Å². The van der Waals surface area contributed by atoms with Gasteiger partial charge in [0.1, 0.15) is 11.7 Å². The Morgan fingerprint density at radius 3 is 2.82 bits per heavy atom. The second kappa shape index (κ2) is 9.52. The van der Waals surface area contributed by atoms with Gasteiger partial charge in [-0.25, -0.2) is 9.67 Å². The summed E-state index contributed by atoms with van der Waals surface area (Å²) >= 11 is 3.41. The Morgan fingerprint density at radius 2 is 1.97 bits per heavy atom. The van der Waals surface area contributed by atoms with Crippen LogP contribution in [0.15, 0.2) is 70.3 Å². The summed E-state index contributed by atoms with van der Waals surface area (Å²) in [6.07, 6.45) is 6.20. The summed E-state index contributed by atoms with van der Waals surface area (Å²) in [6.45, 7) is 1.35. The second-order valence-electron chi connectivity index (χ2n) is 7.65. The van der Waals surface area contributed by atoms with Gasteiger partial charge in [0.2, 0.25) is 12.7 Å². The van der Waals surface area contributed by atoms with Gasteiger partial charge >= 0.3 is 0 Å². The Bertz CT molecular complexity index is 1440. The summed E-state index contributed by atoms with van der Waals surface area (Å²) in [5, 5.41) is 7.53. The third kappa shape index (κ3) is 4.72. The van der Waals surface area contributed by atoms with Crippen LogP contribution in [0.2, 0.25) is 0 Å². The van der Waals surface area contributed by atoms with E-state index in [0.717, 1.165) is 15.6 Å². The fourth-order valence-corrected chi connectivity index (χ4v) is 3.86. The molecule has 0 bridgehead atoms. The van der Waals surface area contributed by atoms with E-state index in [1.807, 2.05) is 42.5 Å². The maximum Gasteiger partial charge on any atom is 0.264 e. The number of fused-ring (bicyclic) bond motifs is 2. The van der Waals surface area contributed by atoms with E-state index in [1.165, 1.54) is 18.6 Å².